The highest BCUT2D eigenvalue weighted by molar-refractivity contribution is 7.91. The van der Waals surface area contributed by atoms with Gasteiger partial charge in [0.25, 0.3) is 5.19 Å². The number of rotatable bonds is 7. The van der Waals surface area contributed by atoms with Crippen molar-refractivity contribution in [3.05, 3.63) is 53.3 Å². The molecule has 0 N–H and O–H groups in total. The molecule has 1 spiro atoms. The van der Waals surface area contributed by atoms with Crippen LogP contribution in [0.25, 0.3) is 10.6 Å². The average Bonchev–Trinajstić information content (AvgIpc) is 3.60. The number of amides is 1. The molecule has 2 aliphatic rings. The molecule has 190 valence electrons. The molecule has 0 unspecified atom stereocenters. The third-order valence-corrected chi connectivity index (χ3v) is 10.4. The smallest absolute Gasteiger partial charge is 0.273 e. The number of benzene rings is 1. The van der Waals surface area contributed by atoms with Crippen molar-refractivity contribution >= 4 is 32.8 Å². The van der Waals surface area contributed by atoms with Crippen molar-refractivity contribution in [2.75, 3.05) is 24.3 Å². The topological polar surface area (TPSA) is 89.5 Å². The monoisotopic (exact) mass is 525 g/mol. The molecule has 0 bridgehead atoms. The maximum absolute atomic E-state index is 13.4. The van der Waals surface area contributed by atoms with Gasteiger partial charge in [0.2, 0.25) is 5.91 Å². The van der Waals surface area contributed by atoms with E-state index in [-0.39, 0.29) is 17.1 Å². The fourth-order valence-electron chi connectivity index (χ4n) is 5.43. The number of aromatic nitrogens is 2. The maximum atomic E-state index is 13.4. The van der Waals surface area contributed by atoms with Crippen LogP contribution in [0.4, 0.5) is 5.69 Å². The van der Waals surface area contributed by atoms with Crippen molar-refractivity contribution in [2.45, 2.75) is 62.7 Å². The Morgan fingerprint density at radius 2 is 1.83 bits per heavy atom. The van der Waals surface area contributed by atoms with Gasteiger partial charge in [0, 0.05) is 18.4 Å². The molecular formula is C27H31N3O4S2. The number of nitrogens with zero attached hydrogens (tertiary/aromatic N) is 3. The van der Waals surface area contributed by atoms with Crippen LogP contribution in [0, 0.1) is 6.92 Å². The lowest BCUT2D eigenvalue weighted by atomic mass is 9.84. The number of anilines is 1. The Morgan fingerprint density at radius 3 is 2.47 bits per heavy atom. The number of carbonyl (C=O) groups excluding carboxylic acids is 1. The summed E-state index contributed by atoms with van der Waals surface area (Å²) < 4.78 is 29.5. The van der Waals surface area contributed by atoms with E-state index < -0.39 is 9.84 Å². The van der Waals surface area contributed by atoms with Crippen molar-refractivity contribution in [1.29, 1.82) is 0 Å². The Labute approximate surface area is 216 Å². The molecule has 36 heavy (non-hydrogen) atoms. The summed E-state index contributed by atoms with van der Waals surface area (Å²) in [5.41, 5.74) is 4.61. The van der Waals surface area contributed by atoms with Crippen LogP contribution in [0.3, 0.4) is 0 Å². The molecule has 0 saturated heterocycles. The van der Waals surface area contributed by atoms with Gasteiger partial charge in [-0.3, -0.25) is 4.79 Å². The Hall–Kier alpha value is -2.78. The summed E-state index contributed by atoms with van der Waals surface area (Å²) in [6.45, 7) is 4.28. The first kappa shape index (κ1) is 24.9. The van der Waals surface area contributed by atoms with Crippen LogP contribution in [0.1, 0.15) is 56.0 Å². The van der Waals surface area contributed by atoms with Gasteiger partial charge < -0.3 is 9.64 Å². The van der Waals surface area contributed by atoms with Gasteiger partial charge in [0.05, 0.1) is 45.4 Å². The van der Waals surface area contributed by atoms with Gasteiger partial charge in [0.1, 0.15) is 0 Å². The summed E-state index contributed by atoms with van der Waals surface area (Å²) in [5.74, 6) is 0.155. The number of fused-ring (bicyclic) bond motifs is 2. The van der Waals surface area contributed by atoms with E-state index >= 15 is 0 Å². The fraction of sp³-hybridized carbons (Fsp3) is 0.444. The van der Waals surface area contributed by atoms with Crippen molar-refractivity contribution in [2.24, 2.45) is 0 Å². The molecule has 3 heterocycles. The largest absolute Gasteiger partial charge is 0.473 e. The first-order chi connectivity index (χ1) is 17.3. The van der Waals surface area contributed by atoms with Crippen LogP contribution in [-0.4, -0.2) is 43.7 Å². The molecule has 3 aromatic rings. The van der Waals surface area contributed by atoms with Crippen LogP contribution < -0.4 is 9.64 Å². The van der Waals surface area contributed by atoms with E-state index in [1.807, 2.05) is 36.1 Å². The predicted molar refractivity (Wildman–Crippen MR) is 142 cm³/mol. The van der Waals surface area contributed by atoms with Crippen molar-refractivity contribution in [3.63, 3.8) is 0 Å². The number of hydrogen-bond donors (Lipinski definition) is 0. The molecule has 0 radical (unpaired) electrons. The number of sulfone groups is 1. The lowest BCUT2D eigenvalue weighted by Gasteiger charge is -2.24. The summed E-state index contributed by atoms with van der Waals surface area (Å²) >= 11 is 1.49. The molecular weight excluding hydrogens is 494 g/mol. The Kier molecular flexibility index (Phi) is 6.63. The van der Waals surface area contributed by atoms with Crippen molar-refractivity contribution in [3.8, 4) is 15.8 Å². The highest BCUT2D eigenvalue weighted by Crippen LogP contribution is 2.50. The van der Waals surface area contributed by atoms with Gasteiger partial charge in [-0.05, 0) is 56.0 Å². The lowest BCUT2D eigenvalue weighted by Crippen LogP contribution is -2.35. The molecule has 7 nitrogen and oxygen atoms in total. The van der Waals surface area contributed by atoms with Crippen molar-refractivity contribution in [1.82, 2.24) is 9.97 Å². The lowest BCUT2D eigenvalue weighted by molar-refractivity contribution is -0.118. The normalized spacial score (nSPS) is 16.5. The Balaban J connectivity index is 1.38. The van der Waals surface area contributed by atoms with Crippen LogP contribution in [0.5, 0.6) is 5.19 Å². The number of pyridine rings is 1. The molecule has 1 aliphatic heterocycles. The molecule has 0 atom stereocenters. The minimum Gasteiger partial charge on any atom is -0.473 e. The maximum Gasteiger partial charge on any atom is 0.273 e. The summed E-state index contributed by atoms with van der Waals surface area (Å²) in [6.07, 6.45) is 5.30. The van der Waals surface area contributed by atoms with Crippen LogP contribution in [0.2, 0.25) is 0 Å². The van der Waals surface area contributed by atoms with Crippen molar-refractivity contribution < 1.29 is 17.9 Å². The van der Waals surface area contributed by atoms with Gasteiger partial charge in [-0.1, -0.05) is 43.2 Å². The summed E-state index contributed by atoms with van der Waals surface area (Å²) in [7, 11) is -1.60. The zero-order valence-electron chi connectivity index (χ0n) is 20.9. The standard InChI is InChI=1S/C27H31N3O4S2/c1-4-36(32,33)20-10-7-19(8-11-20)9-14-23(31)30-17-27(15-5-6-16-27)25-22(30)13-12-21(29-25)24-18(2)28-26(34-3)35-24/h7-8,10-13H,4-6,9,14-17H2,1-3H3. The summed E-state index contributed by atoms with van der Waals surface area (Å²) in [4.78, 5) is 26.3. The SMILES string of the molecule is CCS(=O)(=O)c1ccc(CCC(=O)N2CC3(CCCC3)c3nc(-c4sc(OC)nc4C)ccc32)cc1. The third kappa shape index (κ3) is 4.43. The highest BCUT2D eigenvalue weighted by atomic mass is 32.2. The number of ether oxygens (including phenoxy) is 1. The molecule has 1 aliphatic carbocycles. The van der Waals surface area contributed by atoms with E-state index in [0.717, 1.165) is 58.9 Å². The molecule has 9 heteroatoms. The van der Waals surface area contributed by atoms with E-state index in [4.69, 9.17) is 9.72 Å². The average molecular weight is 526 g/mol. The van der Waals surface area contributed by atoms with E-state index in [1.54, 1.807) is 26.2 Å². The first-order valence-electron chi connectivity index (χ1n) is 12.4. The second-order valence-corrected chi connectivity index (χ2v) is 12.9. The second kappa shape index (κ2) is 9.59. The molecule has 1 saturated carbocycles. The van der Waals surface area contributed by atoms with Gasteiger partial charge >= 0.3 is 0 Å². The summed E-state index contributed by atoms with van der Waals surface area (Å²) in [5, 5.41) is 0.623. The fourth-order valence-corrected chi connectivity index (χ4v) is 7.17. The van der Waals surface area contributed by atoms with Crippen LogP contribution in [0.15, 0.2) is 41.3 Å². The number of hydrogen-bond acceptors (Lipinski definition) is 7. The van der Waals surface area contributed by atoms with Crippen LogP contribution in [-0.2, 0) is 26.5 Å². The molecule has 2 aromatic heterocycles. The van der Waals surface area contributed by atoms with E-state index in [1.165, 1.54) is 11.3 Å². The van der Waals surface area contributed by atoms with Gasteiger partial charge in [-0.25, -0.2) is 18.4 Å². The zero-order valence-corrected chi connectivity index (χ0v) is 22.5. The molecule has 1 fully saturated rings. The minimum atomic E-state index is -3.22. The van der Waals surface area contributed by atoms with Gasteiger partial charge in [0.15, 0.2) is 9.84 Å². The minimum absolute atomic E-state index is 0.0762. The van der Waals surface area contributed by atoms with Gasteiger partial charge in [-0.2, -0.15) is 0 Å². The van der Waals surface area contributed by atoms with Crippen LogP contribution >= 0.6 is 11.3 Å². The number of aryl methyl sites for hydroxylation is 2. The summed E-state index contributed by atoms with van der Waals surface area (Å²) in [6, 6.07) is 10.9. The predicted octanol–water partition coefficient (Wildman–Crippen LogP) is 5.11. The number of carbonyl (C=O) groups is 1. The highest BCUT2D eigenvalue weighted by Gasteiger charge is 2.47. The zero-order chi connectivity index (χ0) is 25.5. The number of thiazole rings is 1. The van der Waals surface area contributed by atoms with Gasteiger partial charge in [-0.15, -0.1) is 0 Å². The first-order valence-corrected chi connectivity index (χ1v) is 14.9. The quantitative estimate of drug-likeness (QED) is 0.426. The Morgan fingerprint density at radius 1 is 1.11 bits per heavy atom. The third-order valence-electron chi connectivity index (χ3n) is 7.46. The Bertz CT molecular complexity index is 1390. The van der Waals surface area contributed by atoms with E-state index in [2.05, 4.69) is 4.98 Å². The number of methoxy groups -OCH3 is 1. The molecule has 5 rings (SSSR count). The van der Waals surface area contributed by atoms with E-state index in [0.29, 0.717) is 29.5 Å². The van der Waals surface area contributed by atoms with E-state index in [9.17, 15) is 13.2 Å². The second-order valence-electron chi connectivity index (χ2n) is 9.68. The molecule has 1 aromatic carbocycles. The molecule has 1 amide bonds.